The highest BCUT2D eigenvalue weighted by molar-refractivity contribution is 6.33. The first-order valence-corrected chi connectivity index (χ1v) is 11.6. The van der Waals surface area contributed by atoms with Crippen molar-refractivity contribution in [2.45, 2.75) is 45.6 Å². The quantitative estimate of drug-likeness (QED) is 0.231. The monoisotopic (exact) mass is 504 g/mol. The molecule has 0 fully saturated rings. The Kier molecular flexibility index (Phi) is 8.55. The first-order chi connectivity index (χ1) is 16.7. The maximum atomic E-state index is 13.2. The standard InChI is InChI=1S/C24H29ClN4O6/c1-4-34-24(35-5-2)19(12-20(30)31)28-22(32)13(3)29-9-8-15-11-18(27-21(15)23(29)33)14-6-7-17(26)16(25)10-14/h6-11,13,19,24,27H,4-5,12,26H2,1-3H3,(H,28,32)(H,30,31). The molecule has 0 radical (unpaired) electrons. The van der Waals surface area contributed by atoms with Crippen molar-refractivity contribution in [3.05, 3.63) is 51.9 Å². The number of ether oxygens (including phenoxy) is 2. The summed E-state index contributed by atoms with van der Waals surface area (Å²) in [5, 5.41) is 13.0. The molecule has 0 saturated heterocycles. The van der Waals surface area contributed by atoms with E-state index in [2.05, 4.69) is 10.3 Å². The van der Waals surface area contributed by atoms with Crippen molar-refractivity contribution in [1.29, 1.82) is 0 Å². The molecule has 1 aromatic carbocycles. The number of aromatic amines is 1. The van der Waals surface area contributed by atoms with E-state index in [1.165, 1.54) is 10.8 Å². The minimum atomic E-state index is -1.12. The average molecular weight is 505 g/mol. The number of carbonyl (C=O) groups excluding carboxylic acids is 1. The number of nitrogens with zero attached hydrogens (tertiary/aromatic N) is 1. The fourth-order valence-corrected chi connectivity index (χ4v) is 3.91. The molecule has 2 atom stereocenters. The molecule has 11 heteroatoms. The van der Waals surface area contributed by atoms with Gasteiger partial charge in [-0.1, -0.05) is 17.7 Å². The normalized spacial score (nSPS) is 13.2. The average Bonchev–Trinajstić information content (AvgIpc) is 3.25. The molecule has 0 bridgehead atoms. The molecule has 188 valence electrons. The van der Waals surface area contributed by atoms with E-state index < -0.39 is 42.2 Å². The van der Waals surface area contributed by atoms with E-state index in [-0.39, 0.29) is 13.2 Å². The summed E-state index contributed by atoms with van der Waals surface area (Å²) >= 11 is 6.13. The lowest BCUT2D eigenvalue weighted by Gasteiger charge is -2.28. The van der Waals surface area contributed by atoms with Gasteiger partial charge in [0.15, 0.2) is 6.29 Å². The summed E-state index contributed by atoms with van der Waals surface area (Å²) in [5.74, 6) is -1.66. The van der Waals surface area contributed by atoms with Crippen molar-refractivity contribution in [3.63, 3.8) is 0 Å². The Balaban J connectivity index is 1.88. The second-order valence-electron chi connectivity index (χ2n) is 7.95. The fraction of sp³-hybridized carbons (Fsp3) is 0.375. The number of halogens is 1. The summed E-state index contributed by atoms with van der Waals surface area (Å²) in [5.41, 5.74) is 7.57. The second-order valence-corrected chi connectivity index (χ2v) is 8.35. The van der Waals surface area contributed by atoms with Gasteiger partial charge in [0.1, 0.15) is 11.6 Å². The van der Waals surface area contributed by atoms with Crippen LogP contribution in [0, 0.1) is 0 Å². The minimum Gasteiger partial charge on any atom is -0.481 e. The highest BCUT2D eigenvalue weighted by Crippen LogP contribution is 2.28. The zero-order chi connectivity index (χ0) is 25.7. The number of hydrogen-bond acceptors (Lipinski definition) is 6. The van der Waals surface area contributed by atoms with Crippen molar-refractivity contribution >= 4 is 40.1 Å². The number of benzene rings is 1. The summed E-state index contributed by atoms with van der Waals surface area (Å²) in [7, 11) is 0. The van der Waals surface area contributed by atoms with Crippen molar-refractivity contribution in [3.8, 4) is 11.3 Å². The van der Waals surface area contributed by atoms with Crippen LogP contribution in [0.5, 0.6) is 0 Å². The molecule has 5 N–H and O–H groups in total. The van der Waals surface area contributed by atoms with Gasteiger partial charge in [-0.05, 0) is 50.6 Å². The van der Waals surface area contributed by atoms with Crippen LogP contribution in [-0.2, 0) is 19.1 Å². The van der Waals surface area contributed by atoms with Crippen LogP contribution in [-0.4, -0.2) is 52.1 Å². The summed E-state index contributed by atoms with van der Waals surface area (Å²) < 4.78 is 12.2. The summed E-state index contributed by atoms with van der Waals surface area (Å²) in [6.45, 7) is 5.59. The number of nitrogens with one attached hydrogen (secondary N) is 2. The smallest absolute Gasteiger partial charge is 0.305 e. The van der Waals surface area contributed by atoms with Crippen LogP contribution in [0.15, 0.2) is 41.3 Å². The lowest BCUT2D eigenvalue weighted by Crippen LogP contribution is -2.49. The van der Waals surface area contributed by atoms with Crippen molar-refractivity contribution in [1.82, 2.24) is 14.9 Å². The van der Waals surface area contributed by atoms with Gasteiger partial charge in [-0.15, -0.1) is 0 Å². The molecular weight excluding hydrogens is 476 g/mol. The minimum absolute atomic E-state index is 0.275. The maximum absolute atomic E-state index is 13.2. The Hall–Kier alpha value is -3.34. The van der Waals surface area contributed by atoms with Crippen LogP contribution in [0.4, 0.5) is 5.69 Å². The Morgan fingerprint density at radius 2 is 1.89 bits per heavy atom. The van der Waals surface area contributed by atoms with Gasteiger partial charge < -0.3 is 35.2 Å². The van der Waals surface area contributed by atoms with Gasteiger partial charge in [-0.2, -0.15) is 0 Å². The van der Waals surface area contributed by atoms with Gasteiger partial charge in [0.25, 0.3) is 5.56 Å². The van der Waals surface area contributed by atoms with E-state index in [9.17, 15) is 19.5 Å². The number of amides is 1. The molecule has 1 amide bonds. The highest BCUT2D eigenvalue weighted by Gasteiger charge is 2.29. The van der Waals surface area contributed by atoms with E-state index in [0.717, 1.165) is 5.56 Å². The number of aliphatic carboxylic acids is 1. The molecule has 3 aromatic rings. The van der Waals surface area contributed by atoms with Crippen LogP contribution in [0.3, 0.4) is 0 Å². The first-order valence-electron chi connectivity index (χ1n) is 11.2. The molecule has 10 nitrogen and oxygen atoms in total. The van der Waals surface area contributed by atoms with Crippen molar-refractivity contribution in [2.75, 3.05) is 18.9 Å². The lowest BCUT2D eigenvalue weighted by atomic mass is 10.1. The zero-order valence-electron chi connectivity index (χ0n) is 19.7. The molecular formula is C24H29ClN4O6. The van der Waals surface area contributed by atoms with Crippen molar-refractivity contribution < 1.29 is 24.2 Å². The number of H-pyrrole nitrogens is 1. The number of carboxylic acids is 1. The first kappa shape index (κ1) is 26.3. The van der Waals surface area contributed by atoms with E-state index in [4.69, 9.17) is 26.8 Å². The molecule has 35 heavy (non-hydrogen) atoms. The van der Waals surface area contributed by atoms with E-state index >= 15 is 0 Å². The van der Waals surface area contributed by atoms with E-state index in [1.54, 1.807) is 45.0 Å². The molecule has 0 aliphatic carbocycles. The van der Waals surface area contributed by atoms with Crippen LogP contribution in [0.1, 0.15) is 33.2 Å². The third kappa shape index (κ3) is 6.02. The van der Waals surface area contributed by atoms with Gasteiger partial charge in [-0.25, -0.2) is 0 Å². The Labute approximate surface area is 207 Å². The number of anilines is 1. The van der Waals surface area contributed by atoms with Crippen LogP contribution in [0.25, 0.3) is 22.2 Å². The van der Waals surface area contributed by atoms with Crippen molar-refractivity contribution in [2.24, 2.45) is 0 Å². The molecule has 2 aromatic heterocycles. The fourth-order valence-electron chi connectivity index (χ4n) is 3.73. The Morgan fingerprint density at radius 3 is 2.49 bits per heavy atom. The highest BCUT2D eigenvalue weighted by atomic mass is 35.5. The predicted molar refractivity (Wildman–Crippen MR) is 133 cm³/mol. The molecule has 3 rings (SSSR count). The molecule has 2 unspecified atom stereocenters. The van der Waals surface area contributed by atoms with Crippen LogP contribution in [0.2, 0.25) is 5.02 Å². The Bertz CT molecular complexity index is 1260. The SMILES string of the molecule is CCOC(OCC)C(CC(=O)O)NC(=O)C(C)n1ccc2cc(-c3ccc(N)c(Cl)c3)[nH]c2c1=O. The number of carbonyl (C=O) groups is 2. The molecule has 0 aliphatic heterocycles. The van der Waals surface area contributed by atoms with Gasteiger partial charge >= 0.3 is 5.97 Å². The third-order valence-electron chi connectivity index (χ3n) is 5.53. The second kappa shape index (κ2) is 11.4. The number of carboxylic acid groups (broad SMARTS) is 1. The number of nitrogen functional groups attached to an aromatic ring is 1. The third-order valence-corrected chi connectivity index (χ3v) is 5.86. The topological polar surface area (TPSA) is 149 Å². The number of aromatic nitrogens is 2. The number of rotatable bonds is 11. The lowest BCUT2D eigenvalue weighted by molar-refractivity contribution is -0.166. The number of fused-ring (bicyclic) bond motifs is 1. The van der Waals surface area contributed by atoms with Gasteiger partial charge in [0.05, 0.1) is 23.2 Å². The molecule has 0 spiro atoms. The van der Waals surface area contributed by atoms with E-state index in [1.807, 2.05) is 6.07 Å². The molecule has 2 heterocycles. The van der Waals surface area contributed by atoms with Crippen LogP contribution >= 0.6 is 11.6 Å². The number of hydrogen-bond donors (Lipinski definition) is 4. The number of pyridine rings is 1. The van der Waals surface area contributed by atoms with Crippen LogP contribution < -0.4 is 16.6 Å². The summed E-state index contributed by atoms with van der Waals surface area (Å²) in [6.07, 6.45) is 0.188. The zero-order valence-corrected chi connectivity index (χ0v) is 20.5. The molecule has 0 aliphatic rings. The van der Waals surface area contributed by atoms with E-state index in [0.29, 0.717) is 27.3 Å². The largest absolute Gasteiger partial charge is 0.481 e. The van der Waals surface area contributed by atoms with Gasteiger partial charge in [0, 0.05) is 30.5 Å². The number of nitrogens with two attached hydrogens (primary N) is 1. The Morgan fingerprint density at radius 1 is 1.20 bits per heavy atom. The predicted octanol–water partition coefficient (Wildman–Crippen LogP) is 3.15. The van der Waals surface area contributed by atoms with Gasteiger partial charge in [-0.3, -0.25) is 14.4 Å². The summed E-state index contributed by atoms with van der Waals surface area (Å²) in [4.78, 5) is 40.7. The summed E-state index contributed by atoms with van der Waals surface area (Å²) in [6, 6.07) is 6.84. The van der Waals surface area contributed by atoms with Gasteiger partial charge in [0.2, 0.25) is 5.91 Å². The molecule has 0 saturated carbocycles. The maximum Gasteiger partial charge on any atom is 0.305 e.